The van der Waals surface area contributed by atoms with E-state index in [1.807, 2.05) is 25.1 Å². The van der Waals surface area contributed by atoms with Crippen LogP contribution in [0.5, 0.6) is 0 Å². The number of hydrogen-bond donors (Lipinski definition) is 0. The normalized spacial score (nSPS) is 12.0. The van der Waals surface area contributed by atoms with Gasteiger partial charge in [-0.2, -0.15) is 0 Å². The van der Waals surface area contributed by atoms with Crippen LogP contribution in [0.4, 0.5) is 5.69 Å². The number of halogens is 1. The number of thiophene rings is 1. The molecule has 0 spiro atoms. The molecule has 0 radical (unpaired) electrons. The fourth-order valence-corrected chi connectivity index (χ4v) is 4.31. The van der Waals surface area contributed by atoms with E-state index in [0.717, 1.165) is 33.2 Å². The molecule has 1 unspecified atom stereocenters. The molecule has 7 heteroatoms. The first-order valence-electron chi connectivity index (χ1n) is 9.82. The SMILES string of the molecule is CCCC.CCCC(C)N(C=NC)C(=O)c1cc2c(N(C)C)c(Br)cnc2s1. The summed E-state index contributed by atoms with van der Waals surface area (Å²) >= 11 is 4.97. The summed E-state index contributed by atoms with van der Waals surface area (Å²) in [5.74, 6) is -0.0228. The fourth-order valence-electron chi connectivity index (χ4n) is 2.69. The van der Waals surface area contributed by atoms with E-state index in [2.05, 4.69) is 53.6 Å². The number of carbonyl (C=O) groups excluding carboxylic acids is 1. The highest BCUT2D eigenvalue weighted by Crippen LogP contribution is 2.36. The molecule has 2 rings (SSSR count). The van der Waals surface area contributed by atoms with Gasteiger partial charge in [-0.05, 0) is 35.3 Å². The maximum absolute atomic E-state index is 13.0. The lowest BCUT2D eigenvalue weighted by molar-refractivity contribution is 0.0816. The molecule has 1 atom stereocenters. The Morgan fingerprint density at radius 2 is 1.93 bits per heavy atom. The third-order valence-corrected chi connectivity index (χ3v) is 5.91. The largest absolute Gasteiger partial charge is 0.376 e. The summed E-state index contributed by atoms with van der Waals surface area (Å²) in [6.07, 6.45) is 8.01. The molecule has 2 heterocycles. The zero-order valence-corrected chi connectivity index (χ0v) is 20.5. The van der Waals surface area contributed by atoms with E-state index in [1.165, 1.54) is 24.2 Å². The van der Waals surface area contributed by atoms with Crippen LogP contribution in [0.15, 0.2) is 21.7 Å². The third-order valence-electron chi connectivity index (χ3n) is 4.30. The number of unbranched alkanes of at least 4 members (excludes halogenated alkanes) is 1. The lowest BCUT2D eigenvalue weighted by Gasteiger charge is -2.24. The Labute approximate surface area is 182 Å². The average molecular weight is 469 g/mol. The summed E-state index contributed by atoms with van der Waals surface area (Å²) in [6, 6.07) is 2.05. The first-order chi connectivity index (χ1) is 13.3. The van der Waals surface area contributed by atoms with E-state index >= 15 is 0 Å². The first kappa shape index (κ1) is 24.6. The van der Waals surface area contributed by atoms with E-state index in [4.69, 9.17) is 0 Å². The van der Waals surface area contributed by atoms with Crippen LogP contribution in [-0.4, -0.2) is 49.3 Å². The molecule has 0 saturated carbocycles. The van der Waals surface area contributed by atoms with Crippen LogP contribution in [0.2, 0.25) is 0 Å². The third kappa shape index (κ3) is 6.27. The van der Waals surface area contributed by atoms with Crippen molar-refractivity contribution in [1.29, 1.82) is 0 Å². The summed E-state index contributed by atoms with van der Waals surface area (Å²) < 4.78 is 0.920. The lowest BCUT2D eigenvalue weighted by Crippen LogP contribution is -2.37. The molecule has 2 aromatic heterocycles. The van der Waals surface area contributed by atoms with Gasteiger partial charge in [0.15, 0.2) is 0 Å². The van der Waals surface area contributed by atoms with Crippen LogP contribution in [0, 0.1) is 0 Å². The smallest absolute Gasteiger partial charge is 0.269 e. The van der Waals surface area contributed by atoms with E-state index in [9.17, 15) is 4.79 Å². The van der Waals surface area contributed by atoms with Gasteiger partial charge in [0, 0.05) is 38.8 Å². The summed E-state index contributed by atoms with van der Waals surface area (Å²) in [6.45, 7) is 8.53. The summed E-state index contributed by atoms with van der Waals surface area (Å²) in [5, 5.41) is 0.985. The van der Waals surface area contributed by atoms with Gasteiger partial charge >= 0.3 is 0 Å². The molecule has 5 nitrogen and oxygen atoms in total. The highest BCUT2D eigenvalue weighted by atomic mass is 79.9. The van der Waals surface area contributed by atoms with Crippen molar-refractivity contribution in [2.24, 2.45) is 4.99 Å². The molecule has 2 aromatic rings. The van der Waals surface area contributed by atoms with Crippen LogP contribution < -0.4 is 4.90 Å². The molecular weight excluding hydrogens is 436 g/mol. The molecule has 0 aliphatic rings. The number of anilines is 1. The number of hydrogen-bond acceptors (Lipinski definition) is 5. The van der Waals surface area contributed by atoms with Crippen molar-refractivity contribution in [2.75, 3.05) is 26.0 Å². The molecule has 1 amide bonds. The van der Waals surface area contributed by atoms with E-state index in [1.54, 1.807) is 24.5 Å². The number of amides is 1. The van der Waals surface area contributed by atoms with Gasteiger partial charge in [-0.25, -0.2) is 4.98 Å². The number of nitrogens with zero attached hydrogens (tertiary/aromatic N) is 4. The van der Waals surface area contributed by atoms with Crippen LogP contribution in [0.3, 0.4) is 0 Å². The second kappa shape index (κ2) is 12.2. The molecular formula is C21H33BrN4OS. The molecule has 0 aliphatic carbocycles. The molecule has 0 saturated heterocycles. The average Bonchev–Trinajstić information content (AvgIpc) is 3.09. The molecule has 0 aliphatic heterocycles. The molecule has 0 N–H and O–H groups in total. The van der Waals surface area contributed by atoms with Gasteiger partial charge in [0.2, 0.25) is 0 Å². The van der Waals surface area contributed by atoms with Crippen molar-refractivity contribution in [3.63, 3.8) is 0 Å². The monoisotopic (exact) mass is 468 g/mol. The Kier molecular flexibility index (Phi) is 10.7. The maximum atomic E-state index is 13.0. The second-order valence-corrected chi connectivity index (χ2v) is 8.79. The van der Waals surface area contributed by atoms with Crippen molar-refractivity contribution < 1.29 is 4.79 Å². The van der Waals surface area contributed by atoms with Gasteiger partial charge in [-0.15, -0.1) is 11.3 Å². The van der Waals surface area contributed by atoms with E-state index in [-0.39, 0.29) is 11.9 Å². The minimum Gasteiger partial charge on any atom is -0.376 e. The fraction of sp³-hybridized carbons (Fsp3) is 0.571. The molecule has 0 bridgehead atoms. The summed E-state index contributed by atoms with van der Waals surface area (Å²) in [7, 11) is 5.66. The number of pyridine rings is 1. The Balaban J connectivity index is 0.000000892. The van der Waals surface area contributed by atoms with E-state index < -0.39 is 0 Å². The van der Waals surface area contributed by atoms with Gasteiger partial charge in [0.25, 0.3) is 5.91 Å². The zero-order valence-electron chi connectivity index (χ0n) is 18.1. The number of fused-ring (bicyclic) bond motifs is 1. The van der Waals surface area contributed by atoms with Gasteiger partial charge in [-0.3, -0.25) is 14.7 Å². The Bertz CT molecular complexity index is 786. The first-order valence-corrected chi connectivity index (χ1v) is 11.4. The highest BCUT2D eigenvalue weighted by Gasteiger charge is 2.23. The minimum absolute atomic E-state index is 0.0228. The van der Waals surface area contributed by atoms with Crippen molar-refractivity contribution in [3.8, 4) is 0 Å². The van der Waals surface area contributed by atoms with Crippen LogP contribution in [-0.2, 0) is 0 Å². The highest BCUT2D eigenvalue weighted by molar-refractivity contribution is 9.10. The standard InChI is InChI=1S/C17H23BrN4OS.C4H10/c1-6-7-11(2)22(10-19-3)17(23)14-8-12-15(21(4)5)13(18)9-20-16(12)24-14;1-3-4-2/h8-11H,6-7H2,1-5H3;3-4H2,1-2H3. The number of rotatable bonds is 7. The summed E-state index contributed by atoms with van der Waals surface area (Å²) in [5.41, 5.74) is 1.03. The van der Waals surface area contributed by atoms with Crippen molar-refractivity contribution in [1.82, 2.24) is 9.88 Å². The quantitative estimate of drug-likeness (QED) is 0.357. The lowest BCUT2D eigenvalue weighted by atomic mass is 10.1. The van der Waals surface area contributed by atoms with E-state index in [0.29, 0.717) is 4.88 Å². The van der Waals surface area contributed by atoms with Crippen LogP contribution in [0.25, 0.3) is 10.2 Å². The molecule has 156 valence electrons. The van der Waals surface area contributed by atoms with Crippen molar-refractivity contribution in [3.05, 3.63) is 21.6 Å². The van der Waals surface area contributed by atoms with Gasteiger partial charge in [0.05, 0.1) is 21.4 Å². The molecule has 28 heavy (non-hydrogen) atoms. The van der Waals surface area contributed by atoms with Gasteiger partial charge < -0.3 is 4.90 Å². The van der Waals surface area contributed by atoms with Gasteiger partial charge in [-0.1, -0.05) is 40.0 Å². The molecule has 0 aromatic carbocycles. The zero-order chi connectivity index (χ0) is 21.3. The second-order valence-electron chi connectivity index (χ2n) is 6.90. The number of carbonyl (C=O) groups is 1. The Morgan fingerprint density at radius 1 is 1.29 bits per heavy atom. The maximum Gasteiger partial charge on any atom is 0.269 e. The van der Waals surface area contributed by atoms with Crippen molar-refractivity contribution in [2.45, 2.75) is 59.4 Å². The van der Waals surface area contributed by atoms with Crippen LogP contribution >= 0.6 is 27.3 Å². The van der Waals surface area contributed by atoms with Crippen LogP contribution in [0.1, 0.15) is 63.0 Å². The molecule has 0 fully saturated rings. The Hall–Kier alpha value is -1.47. The summed E-state index contributed by atoms with van der Waals surface area (Å²) in [4.78, 5) is 26.8. The predicted molar refractivity (Wildman–Crippen MR) is 127 cm³/mol. The topological polar surface area (TPSA) is 48.8 Å². The number of aliphatic imine (C=N–C) groups is 1. The van der Waals surface area contributed by atoms with Crippen molar-refractivity contribution >= 4 is 55.4 Å². The number of aromatic nitrogens is 1. The predicted octanol–water partition coefficient (Wildman–Crippen LogP) is 6.22. The van der Waals surface area contributed by atoms with Gasteiger partial charge in [0.1, 0.15) is 4.83 Å². The Morgan fingerprint density at radius 3 is 2.43 bits per heavy atom. The minimum atomic E-state index is -0.0228.